The zero-order valence-corrected chi connectivity index (χ0v) is 30.6. The minimum absolute atomic E-state index is 0.802. The topological polar surface area (TPSA) is 15.5 Å². The van der Waals surface area contributed by atoms with Crippen LogP contribution in [0.15, 0.2) is 147 Å². The van der Waals surface area contributed by atoms with Crippen LogP contribution in [0, 0.1) is 0 Å². The fraction of sp³-hybridized carbons (Fsp3) is 0.208. The van der Waals surface area contributed by atoms with Crippen molar-refractivity contribution in [1.29, 1.82) is 0 Å². The molecule has 3 aromatic carbocycles. The number of rotatable bonds is 14. The second kappa shape index (κ2) is 17.0. The van der Waals surface area contributed by atoms with Crippen LogP contribution in [0.4, 0.5) is 0 Å². The van der Waals surface area contributed by atoms with E-state index < -0.39 is 0 Å². The van der Waals surface area contributed by atoms with Gasteiger partial charge in [0.25, 0.3) is 0 Å². The summed E-state index contributed by atoms with van der Waals surface area (Å²) in [4.78, 5) is 0. The van der Waals surface area contributed by atoms with Crippen LogP contribution in [-0.4, -0.2) is 0 Å². The number of fused-ring (bicyclic) bond motifs is 2. The molecule has 7 aromatic rings. The Kier molecular flexibility index (Phi) is 11.3. The van der Waals surface area contributed by atoms with E-state index in [1.165, 1.54) is 80.6 Å². The molecule has 0 amide bonds. The van der Waals surface area contributed by atoms with E-state index in [0.29, 0.717) is 0 Å². The Balaban J connectivity index is 1.09. The molecule has 0 spiro atoms. The molecular formula is C48H50N4+4. The third-order valence-corrected chi connectivity index (χ3v) is 9.98. The van der Waals surface area contributed by atoms with Crippen LogP contribution < -0.4 is 18.3 Å². The highest BCUT2D eigenvalue weighted by molar-refractivity contribution is 6.05. The lowest BCUT2D eigenvalue weighted by molar-refractivity contribution is -0.697. The average Bonchev–Trinajstić information content (AvgIpc) is 3.20. The summed E-state index contributed by atoms with van der Waals surface area (Å²) in [6.45, 7) is 8.22. The van der Waals surface area contributed by atoms with Gasteiger partial charge in [0.15, 0.2) is 62.7 Å². The van der Waals surface area contributed by atoms with Gasteiger partial charge >= 0.3 is 0 Å². The molecule has 0 unspecified atom stereocenters. The number of aryl methyl sites for hydroxylation is 2. The number of aromatic nitrogens is 4. The normalized spacial score (nSPS) is 11.7. The predicted molar refractivity (Wildman–Crippen MR) is 214 cm³/mol. The Morgan fingerprint density at radius 1 is 0.365 bits per heavy atom. The number of benzene rings is 3. The third-order valence-electron chi connectivity index (χ3n) is 9.98. The van der Waals surface area contributed by atoms with E-state index in [-0.39, 0.29) is 0 Å². The van der Waals surface area contributed by atoms with E-state index >= 15 is 0 Å². The van der Waals surface area contributed by atoms with Gasteiger partial charge in [0, 0.05) is 72.5 Å². The van der Waals surface area contributed by atoms with E-state index in [0.717, 1.165) is 26.2 Å². The van der Waals surface area contributed by atoms with E-state index in [1.54, 1.807) is 0 Å². The second-order valence-electron chi connectivity index (χ2n) is 13.8. The molecule has 0 aliphatic carbocycles. The average molecular weight is 683 g/mol. The highest BCUT2D eigenvalue weighted by Crippen LogP contribution is 2.33. The Hall–Kier alpha value is -5.74. The van der Waals surface area contributed by atoms with Gasteiger partial charge in [0.2, 0.25) is 0 Å². The molecule has 4 nitrogen and oxygen atoms in total. The standard InChI is InChI=1S/C48H50N4/c1-3-5-27-49-29-19-39(20-30-49)15-17-41-23-33-51(34-24-41)37-47-43-11-7-9-13-45(43)48(46-14-10-8-12-44(46)47)38-52-35-25-42(26-36-52)18-16-40-21-31-50(32-22-40)28-6-4-2/h7-26,29-36H,3-6,27-28,37-38H2,1-2H3/q+4/b17-15+,18-16+. The van der Waals surface area contributed by atoms with Crippen molar-refractivity contribution in [3.05, 3.63) is 180 Å². The lowest BCUT2D eigenvalue weighted by Crippen LogP contribution is -2.34. The molecule has 0 saturated heterocycles. The molecule has 52 heavy (non-hydrogen) atoms. The molecule has 0 atom stereocenters. The molecular weight excluding hydrogens is 633 g/mol. The summed E-state index contributed by atoms with van der Waals surface area (Å²) >= 11 is 0. The van der Waals surface area contributed by atoms with Crippen molar-refractivity contribution in [2.45, 2.75) is 65.7 Å². The third kappa shape index (κ3) is 8.58. The first-order chi connectivity index (χ1) is 25.7. The Morgan fingerprint density at radius 2 is 0.635 bits per heavy atom. The zero-order chi connectivity index (χ0) is 35.5. The van der Waals surface area contributed by atoms with Gasteiger partial charge in [-0.25, -0.2) is 18.3 Å². The first kappa shape index (κ1) is 34.7. The van der Waals surface area contributed by atoms with E-state index in [9.17, 15) is 0 Å². The molecule has 0 N–H and O–H groups in total. The molecule has 0 radical (unpaired) electrons. The molecule has 0 saturated carbocycles. The fourth-order valence-electron chi connectivity index (χ4n) is 6.91. The molecule has 4 heterocycles. The monoisotopic (exact) mass is 682 g/mol. The van der Waals surface area contributed by atoms with Crippen molar-refractivity contribution < 1.29 is 18.3 Å². The summed E-state index contributed by atoms with van der Waals surface area (Å²) in [6.07, 6.45) is 31.1. The molecule has 0 aliphatic heterocycles. The lowest BCUT2D eigenvalue weighted by atomic mass is 9.91. The number of nitrogens with zero attached hydrogens (tertiary/aromatic N) is 4. The molecule has 4 heteroatoms. The molecule has 258 valence electrons. The maximum absolute atomic E-state index is 2.30. The summed E-state index contributed by atoms with van der Waals surface area (Å²) in [5, 5.41) is 5.25. The number of unbranched alkanes of at least 4 members (excludes halogenated alkanes) is 2. The molecule has 0 bridgehead atoms. The highest BCUT2D eigenvalue weighted by atomic mass is 14.9. The van der Waals surface area contributed by atoms with Crippen molar-refractivity contribution in [2.24, 2.45) is 0 Å². The van der Waals surface area contributed by atoms with Gasteiger partial charge in [0.05, 0.1) is 0 Å². The Labute approximate surface area is 308 Å². The van der Waals surface area contributed by atoms with Gasteiger partial charge in [-0.2, -0.15) is 0 Å². The molecule has 0 aliphatic rings. The predicted octanol–water partition coefficient (Wildman–Crippen LogP) is 9.18. The summed E-state index contributed by atoms with van der Waals surface area (Å²) in [5.74, 6) is 0. The van der Waals surface area contributed by atoms with E-state index in [1.807, 2.05) is 0 Å². The maximum atomic E-state index is 2.30. The van der Waals surface area contributed by atoms with Gasteiger partial charge in [-0.3, -0.25) is 0 Å². The number of hydrogen-bond donors (Lipinski definition) is 0. The smallest absolute Gasteiger partial charge is 0.175 e. The quantitative estimate of drug-likeness (QED) is 0.0804. The van der Waals surface area contributed by atoms with Crippen molar-refractivity contribution >= 4 is 45.8 Å². The molecule has 7 rings (SSSR count). The molecule has 4 aromatic heterocycles. The van der Waals surface area contributed by atoms with Crippen molar-refractivity contribution in [3.63, 3.8) is 0 Å². The summed E-state index contributed by atoms with van der Waals surface area (Å²) in [7, 11) is 0. The van der Waals surface area contributed by atoms with Crippen LogP contribution in [0.25, 0.3) is 45.8 Å². The van der Waals surface area contributed by atoms with Crippen LogP contribution in [0.5, 0.6) is 0 Å². The van der Waals surface area contributed by atoms with Gasteiger partial charge in [-0.15, -0.1) is 0 Å². The Morgan fingerprint density at radius 3 is 0.904 bits per heavy atom. The zero-order valence-electron chi connectivity index (χ0n) is 30.6. The van der Waals surface area contributed by atoms with Gasteiger partial charge in [0.1, 0.15) is 13.1 Å². The first-order valence-corrected chi connectivity index (χ1v) is 18.9. The SMILES string of the molecule is CCCC[n+]1ccc(/C=C/c2cc[n+](Cc3c4ccccc4c(C[n+]4ccc(/C=C/c5cc[n+](CCCC)cc5)cc4)c4ccccc34)cc2)cc1. The maximum Gasteiger partial charge on any atom is 0.175 e. The van der Waals surface area contributed by atoms with Crippen LogP contribution in [0.2, 0.25) is 0 Å². The van der Waals surface area contributed by atoms with E-state index in [2.05, 4.69) is 203 Å². The van der Waals surface area contributed by atoms with Gasteiger partial charge < -0.3 is 0 Å². The minimum Gasteiger partial charge on any atom is -0.205 e. The van der Waals surface area contributed by atoms with Crippen molar-refractivity contribution in [3.8, 4) is 0 Å². The van der Waals surface area contributed by atoms with Crippen molar-refractivity contribution in [2.75, 3.05) is 0 Å². The largest absolute Gasteiger partial charge is 0.205 e. The minimum atomic E-state index is 0.802. The van der Waals surface area contributed by atoms with Crippen LogP contribution in [0.1, 0.15) is 72.9 Å². The van der Waals surface area contributed by atoms with Crippen LogP contribution in [0.3, 0.4) is 0 Å². The van der Waals surface area contributed by atoms with E-state index in [4.69, 9.17) is 0 Å². The number of hydrogen-bond acceptors (Lipinski definition) is 0. The van der Waals surface area contributed by atoms with Crippen LogP contribution in [-0.2, 0) is 26.2 Å². The summed E-state index contributed by atoms with van der Waals surface area (Å²) < 4.78 is 9.11. The Bertz CT molecular complexity index is 2060. The highest BCUT2D eigenvalue weighted by Gasteiger charge is 2.19. The summed E-state index contributed by atoms with van der Waals surface area (Å²) in [5.41, 5.74) is 7.52. The fourth-order valence-corrected chi connectivity index (χ4v) is 6.91. The summed E-state index contributed by atoms with van der Waals surface area (Å²) in [6, 6.07) is 35.4. The lowest BCUT2D eigenvalue weighted by Gasteiger charge is -2.14. The first-order valence-electron chi connectivity index (χ1n) is 18.9. The molecule has 0 fully saturated rings. The second-order valence-corrected chi connectivity index (χ2v) is 13.8. The van der Waals surface area contributed by atoms with Crippen molar-refractivity contribution in [1.82, 2.24) is 0 Å². The van der Waals surface area contributed by atoms with Crippen LogP contribution >= 0.6 is 0 Å². The number of pyridine rings is 4. The van der Waals surface area contributed by atoms with Gasteiger partial charge in [-0.1, -0.05) is 99.5 Å². The van der Waals surface area contributed by atoms with Gasteiger partial charge in [-0.05, 0) is 43.8 Å².